The van der Waals surface area contributed by atoms with Crippen molar-refractivity contribution in [3.8, 4) is 0 Å². The van der Waals surface area contributed by atoms with E-state index in [0.29, 0.717) is 12.0 Å². The second kappa shape index (κ2) is 8.29. The molecule has 1 amide bonds. The number of hydrogen-bond donors (Lipinski definition) is 2. The van der Waals surface area contributed by atoms with Crippen LogP contribution in [-0.4, -0.2) is 46.1 Å². The van der Waals surface area contributed by atoms with Crippen LogP contribution in [0.15, 0.2) is 6.20 Å². The third-order valence-electron chi connectivity index (χ3n) is 7.04. The third-order valence-corrected chi connectivity index (χ3v) is 7.04. The zero-order valence-electron chi connectivity index (χ0n) is 17.0. The fraction of sp³-hybridized carbons (Fsp3) is 0.857. The number of fused-ring (bicyclic) bond motifs is 3. The predicted octanol–water partition coefficient (Wildman–Crippen LogP) is 1.22. The average Bonchev–Trinajstić information content (AvgIpc) is 3.09. The molecule has 4 aliphatic rings. The van der Waals surface area contributed by atoms with E-state index in [4.69, 9.17) is 0 Å². The lowest BCUT2D eigenvalue weighted by Crippen LogP contribution is -3.20. The van der Waals surface area contributed by atoms with Gasteiger partial charge in [0.15, 0.2) is 0 Å². The molecule has 6 nitrogen and oxygen atoms in total. The van der Waals surface area contributed by atoms with Gasteiger partial charge in [-0.25, -0.2) is 4.68 Å². The summed E-state index contributed by atoms with van der Waals surface area (Å²) in [6, 6.07) is 0.813. The lowest BCUT2D eigenvalue weighted by atomic mass is 9.75. The van der Waals surface area contributed by atoms with Gasteiger partial charge in [-0.1, -0.05) is 37.3 Å². The van der Waals surface area contributed by atoms with Crippen molar-refractivity contribution in [2.75, 3.05) is 13.1 Å². The van der Waals surface area contributed by atoms with Gasteiger partial charge in [0.05, 0.1) is 31.2 Å². The first-order valence-corrected chi connectivity index (χ1v) is 11.1. The second-order valence-electron chi connectivity index (χ2n) is 9.50. The molecule has 5 rings (SSSR count). The number of nitrogens with one attached hydrogen (secondary N) is 2. The van der Waals surface area contributed by atoms with Gasteiger partial charge in [-0.05, 0) is 32.1 Å². The standard InChI is InChI=1S/C21H35N5O/c1-15(2)22-21(27)20-14-25-9-8-17(20)11-19(25)13-26-12-18(23-24-26)10-16-6-4-3-5-7-16/h12,15-17,19-20H,3-11,13-14H2,1-2H3,(H,22,27)/p+1/t17-,19+,20-/m0/s1. The van der Waals surface area contributed by atoms with Crippen LogP contribution in [0.4, 0.5) is 0 Å². The molecule has 2 bridgehead atoms. The topological polar surface area (TPSA) is 64.2 Å². The van der Waals surface area contributed by atoms with Crippen molar-refractivity contribution in [1.29, 1.82) is 0 Å². The van der Waals surface area contributed by atoms with Gasteiger partial charge in [0, 0.05) is 25.1 Å². The summed E-state index contributed by atoms with van der Waals surface area (Å²) < 4.78 is 2.07. The molecule has 6 heteroatoms. The largest absolute Gasteiger partial charge is 0.353 e. The van der Waals surface area contributed by atoms with Crippen LogP contribution in [0, 0.1) is 17.8 Å². The van der Waals surface area contributed by atoms with Crippen LogP contribution in [0.5, 0.6) is 0 Å². The molecule has 150 valence electrons. The Morgan fingerprint density at radius 3 is 2.81 bits per heavy atom. The summed E-state index contributed by atoms with van der Waals surface area (Å²) in [5.74, 6) is 1.81. The second-order valence-corrected chi connectivity index (χ2v) is 9.50. The normalized spacial score (nSPS) is 31.4. The van der Waals surface area contributed by atoms with E-state index in [1.54, 1.807) is 4.90 Å². The van der Waals surface area contributed by atoms with E-state index in [9.17, 15) is 4.79 Å². The highest BCUT2D eigenvalue weighted by Crippen LogP contribution is 2.28. The van der Waals surface area contributed by atoms with Crippen LogP contribution in [0.2, 0.25) is 0 Å². The van der Waals surface area contributed by atoms with Gasteiger partial charge in [-0.3, -0.25) is 4.79 Å². The Kier molecular flexibility index (Phi) is 5.81. The van der Waals surface area contributed by atoms with E-state index >= 15 is 0 Å². The molecule has 0 aromatic carbocycles. The lowest BCUT2D eigenvalue weighted by Gasteiger charge is -2.46. The number of nitrogens with zero attached hydrogens (tertiary/aromatic N) is 3. The van der Waals surface area contributed by atoms with E-state index in [2.05, 4.69) is 26.5 Å². The van der Waals surface area contributed by atoms with Gasteiger partial charge in [0.25, 0.3) is 0 Å². The molecule has 1 saturated carbocycles. The van der Waals surface area contributed by atoms with Crippen LogP contribution in [0.25, 0.3) is 0 Å². The van der Waals surface area contributed by atoms with Crippen molar-refractivity contribution >= 4 is 5.91 Å². The molecule has 1 unspecified atom stereocenters. The fourth-order valence-corrected chi connectivity index (χ4v) is 5.64. The van der Waals surface area contributed by atoms with Crippen LogP contribution < -0.4 is 10.2 Å². The van der Waals surface area contributed by atoms with E-state index < -0.39 is 0 Å². The number of hydrogen-bond acceptors (Lipinski definition) is 3. The highest BCUT2D eigenvalue weighted by atomic mass is 16.2. The zero-order valence-corrected chi connectivity index (χ0v) is 17.0. The number of aromatic nitrogens is 3. The minimum absolute atomic E-state index is 0.199. The van der Waals surface area contributed by atoms with Gasteiger partial charge in [0.2, 0.25) is 5.91 Å². The molecule has 0 radical (unpaired) electrons. The summed E-state index contributed by atoms with van der Waals surface area (Å²) in [7, 11) is 0. The Balaban J connectivity index is 1.31. The maximum Gasteiger partial charge on any atom is 0.229 e. The SMILES string of the molecule is CC(C)NC(=O)[C@H]1C[NH+]2CC[C@H]1C[C@@H]2Cn1cc(CC2CCCCC2)nn1. The molecule has 2 N–H and O–H groups in total. The Bertz CT molecular complexity index is 636. The molecule has 0 spiro atoms. The van der Waals surface area contributed by atoms with Gasteiger partial charge in [-0.15, -0.1) is 5.10 Å². The summed E-state index contributed by atoms with van der Waals surface area (Å²) in [5.41, 5.74) is 1.17. The number of quaternary nitrogens is 1. The predicted molar refractivity (Wildman–Crippen MR) is 104 cm³/mol. The first kappa shape index (κ1) is 18.9. The number of amides is 1. The summed E-state index contributed by atoms with van der Waals surface area (Å²) in [5, 5.41) is 12.0. The summed E-state index contributed by atoms with van der Waals surface area (Å²) in [4.78, 5) is 14.1. The maximum absolute atomic E-state index is 12.5. The van der Waals surface area contributed by atoms with Crippen molar-refractivity contribution in [1.82, 2.24) is 20.3 Å². The van der Waals surface area contributed by atoms with Gasteiger partial charge in [-0.2, -0.15) is 0 Å². The van der Waals surface area contributed by atoms with Crippen LogP contribution in [0.1, 0.15) is 64.5 Å². The maximum atomic E-state index is 12.5. The highest BCUT2D eigenvalue weighted by molar-refractivity contribution is 5.79. The number of carbonyl (C=O) groups excluding carboxylic acids is 1. The quantitative estimate of drug-likeness (QED) is 0.787. The van der Waals surface area contributed by atoms with E-state index in [1.165, 1.54) is 50.8 Å². The van der Waals surface area contributed by atoms with Gasteiger partial charge >= 0.3 is 0 Å². The lowest BCUT2D eigenvalue weighted by molar-refractivity contribution is -0.945. The van der Waals surface area contributed by atoms with Crippen LogP contribution in [0.3, 0.4) is 0 Å². The first-order chi connectivity index (χ1) is 13.1. The molecule has 4 fully saturated rings. The minimum Gasteiger partial charge on any atom is -0.353 e. The van der Waals surface area contributed by atoms with E-state index in [-0.39, 0.29) is 17.9 Å². The Labute approximate surface area is 163 Å². The van der Waals surface area contributed by atoms with E-state index in [0.717, 1.165) is 31.8 Å². The molecule has 1 aromatic heterocycles. The molecule has 3 aliphatic heterocycles. The number of carbonyl (C=O) groups is 1. The van der Waals surface area contributed by atoms with Gasteiger partial charge < -0.3 is 10.2 Å². The average molecular weight is 375 g/mol. The van der Waals surface area contributed by atoms with Crippen molar-refractivity contribution in [2.45, 2.75) is 83.8 Å². The van der Waals surface area contributed by atoms with Crippen molar-refractivity contribution in [2.24, 2.45) is 17.8 Å². The molecule has 4 heterocycles. The Hall–Kier alpha value is -1.43. The van der Waals surface area contributed by atoms with Crippen molar-refractivity contribution < 1.29 is 9.69 Å². The Morgan fingerprint density at radius 2 is 2.11 bits per heavy atom. The monoisotopic (exact) mass is 374 g/mol. The smallest absolute Gasteiger partial charge is 0.229 e. The summed E-state index contributed by atoms with van der Waals surface area (Å²) in [6.45, 7) is 7.22. The highest BCUT2D eigenvalue weighted by Gasteiger charge is 2.46. The van der Waals surface area contributed by atoms with Gasteiger partial charge in [0.1, 0.15) is 6.04 Å². The van der Waals surface area contributed by atoms with Crippen molar-refractivity contribution in [3.05, 3.63) is 11.9 Å². The first-order valence-electron chi connectivity index (χ1n) is 11.1. The molecule has 27 heavy (non-hydrogen) atoms. The fourth-order valence-electron chi connectivity index (χ4n) is 5.64. The number of rotatable bonds is 6. The summed E-state index contributed by atoms with van der Waals surface area (Å²) >= 11 is 0. The van der Waals surface area contributed by atoms with Crippen LogP contribution in [-0.2, 0) is 17.8 Å². The van der Waals surface area contributed by atoms with Crippen LogP contribution >= 0.6 is 0 Å². The van der Waals surface area contributed by atoms with Crippen molar-refractivity contribution in [3.63, 3.8) is 0 Å². The zero-order chi connectivity index (χ0) is 18.8. The molecule has 3 saturated heterocycles. The number of piperidine rings is 3. The van der Waals surface area contributed by atoms with E-state index in [1.807, 2.05) is 13.8 Å². The molecular weight excluding hydrogens is 338 g/mol. The molecular formula is C21H36N5O+. The Morgan fingerprint density at radius 1 is 1.30 bits per heavy atom. The minimum atomic E-state index is 0.199. The molecule has 1 aliphatic carbocycles. The summed E-state index contributed by atoms with van der Waals surface area (Å²) in [6.07, 6.45) is 12.5. The molecule has 1 aromatic rings. The third kappa shape index (κ3) is 4.53. The molecule has 4 atom stereocenters.